The highest BCUT2D eigenvalue weighted by Gasteiger charge is 2.14. The van der Waals surface area contributed by atoms with Crippen LogP contribution in [0, 0.1) is 0 Å². The van der Waals surface area contributed by atoms with Crippen LogP contribution in [0.15, 0.2) is 6.20 Å². The monoisotopic (exact) mass is 220 g/mol. The molecule has 1 rings (SSSR count). The average Bonchev–Trinajstić information content (AvgIpc) is 2.42. The molecule has 0 saturated heterocycles. The number of ketones is 1. The highest BCUT2D eigenvalue weighted by Crippen LogP contribution is 2.16. The molecule has 0 unspecified atom stereocenters. The second-order valence-corrected chi connectivity index (χ2v) is 3.47. The van der Waals surface area contributed by atoms with E-state index in [0.29, 0.717) is 29.4 Å². The first-order chi connectivity index (χ1) is 6.16. The Morgan fingerprint density at radius 2 is 2.38 bits per heavy atom. The van der Waals surface area contributed by atoms with E-state index in [0.717, 1.165) is 0 Å². The van der Waals surface area contributed by atoms with Crippen molar-refractivity contribution in [3.05, 3.63) is 16.9 Å². The molecule has 72 valence electrons. The van der Waals surface area contributed by atoms with Crippen LogP contribution in [0.3, 0.4) is 0 Å². The Balaban J connectivity index is 2.76. The maximum Gasteiger partial charge on any atom is 0.182 e. The molecule has 0 N–H and O–H groups in total. The molecule has 0 radical (unpaired) electrons. The summed E-state index contributed by atoms with van der Waals surface area (Å²) in [5.41, 5.74) is 0.465. The molecule has 0 fully saturated rings. The number of nitrogens with zero attached hydrogens (tertiary/aromatic N) is 2. The molecule has 0 aliphatic heterocycles. The molecule has 1 heterocycles. The molecule has 5 heteroatoms. The van der Waals surface area contributed by atoms with Crippen LogP contribution < -0.4 is 0 Å². The van der Waals surface area contributed by atoms with Gasteiger partial charge in [0.25, 0.3) is 0 Å². The third-order valence-corrected chi connectivity index (χ3v) is 2.24. The van der Waals surface area contributed by atoms with Gasteiger partial charge in [0.1, 0.15) is 5.69 Å². The smallest absolute Gasteiger partial charge is 0.182 e. The number of aromatic nitrogens is 2. The molecular formula is C8H10Cl2N2O. The van der Waals surface area contributed by atoms with Crippen LogP contribution in [-0.2, 0) is 7.05 Å². The Morgan fingerprint density at radius 3 is 2.85 bits per heavy atom. The minimum Gasteiger partial charge on any atom is -0.292 e. The average molecular weight is 221 g/mol. The molecule has 1 aromatic heterocycles. The summed E-state index contributed by atoms with van der Waals surface area (Å²) in [6.07, 6.45) is 2.56. The van der Waals surface area contributed by atoms with Gasteiger partial charge in [-0.15, -0.1) is 11.6 Å². The molecule has 0 saturated carbocycles. The zero-order valence-corrected chi connectivity index (χ0v) is 8.77. The molecule has 0 aliphatic carbocycles. The van der Waals surface area contributed by atoms with Gasteiger partial charge in [-0.2, -0.15) is 5.10 Å². The fourth-order valence-electron chi connectivity index (χ4n) is 1.07. The number of Topliss-reactive ketones (excluding diaryl/α,β-unsaturated/α-hetero) is 1. The van der Waals surface area contributed by atoms with Gasteiger partial charge in [-0.05, 0) is 6.42 Å². The number of carbonyl (C=O) groups is 1. The van der Waals surface area contributed by atoms with Gasteiger partial charge in [-0.25, -0.2) is 0 Å². The van der Waals surface area contributed by atoms with E-state index in [1.807, 2.05) is 0 Å². The Kier molecular flexibility index (Phi) is 3.75. The van der Waals surface area contributed by atoms with Gasteiger partial charge in [0.15, 0.2) is 5.78 Å². The van der Waals surface area contributed by atoms with Crippen molar-refractivity contribution in [3.8, 4) is 0 Å². The van der Waals surface area contributed by atoms with Crippen LogP contribution in [0.5, 0.6) is 0 Å². The molecule has 0 aromatic carbocycles. The van der Waals surface area contributed by atoms with E-state index >= 15 is 0 Å². The van der Waals surface area contributed by atoms with Crippen LogP contribution in [0.4, 0.5) is 0 Å². The zero-order valence-electron chi connectivity index (χ0n) is 7.26. The number of alkyl halides is 1. The van der Waals surface area contributed by atoms with E-state index in [-0.39, 0.29) is 5.78 Å². The lowest BCUT2D eigenvalue weighted by Crippen LogP contribution is -2.07. The normalized spacial score (nSPS) is 10.4. The summed E-state index contributed by atoms with van der Waals surface area (Å²) in [6.45, 7) is 0. The van der Waals surface area contributed by atoms with Crippen LogP contribution in [0.1, 0.15) is 23.3 Å². The van der Waals surface area contributed by atoms with Crippen LogP contribution in [0.25, 0.3) is 0 Å². The zero-order chi connectivity index (χ0) is 9.84. The molecule has 0 amide bonds. The quantitative estimate of drug-likeness (QED) is 0.577. The third-order valence-electron chi connectivity index (χ3n) is 1.70. The predicted molar refractivity (Wildman–Crippen MR) is 52.5 cm³/mol. The predicted octanol–water partition coefficient (Wildman–Crippen LogP) is 2.28. The number of carbonyl (C=O) groups excluding carboxylic acids is 1. The topological polar surface area (TPSA) is 34.9 Å². The van der Waals surface area contributed by atoms with Gasteiger partial charge in [0.2, 0.25) is 0 Å². The molecule has 0 spiro atoms. The van der Waals surface area contributed by atoms with E-state index in [9.17, 15) is 4.79 Å². The first-order valence-corrected chi connectivity index (χ1v) is 4.84. The van der Waals surface area contributed by atoms with E-state index in [2.05, 4.69) is 5.10 Å². The Morgan fingerprint density at radius 1 is 1.69 bits per heavy atom. The SMILES string of the molecule is Cn1ncc(Cl)c1C(=O)CCCCl. The van der Waals surface area contributed by atoms with Crippen molar-refractivity contribution in [3.63, 3.8) is 0 Å². The number of aryl methyl sites for hydroxylation is 1. The summed E-state index contributed by atoms with van der Waals surface area (Å²) in [5, 5.41) is 4.28. The van der Waals surface area contributed by atoms with E-state index < -0.39 is 0 Å². The highest BCUT2D eigenvalue weighted by molar-refractivity contribution is 6.33. The highest BCUT2D eigenvalue weighted by atomic mass is 35.5. The first-order valence-electron chi connectivity index (χ1n) is 3.93. The third kappa shape index (κ3) is 2.45. The lowest BCUT2D eigenvalue weighted by atomic mass is 10.2. The summed E-state index contributed by atoms with van der Waals surface area (Å²) in [5.74, 6) is 0.479. The van der Waals surface area contributed by atoms with Gasteiger partial charge in [0, 0.05) is 19.3 Å². The number of hydrogen-bond donors (Lipinski definition) is 0. The summed E-state index contributed by atoms with van der Waals surface area (Å²) in [4.78, 5) is 11.5. The van der Waals surface area contributed by atoms with Crippen molar-refractivity contribution in [1.29, 1.82) is 0 Å². The van der Waals surface area contributed by atoms with Gasteiger partial charge in [-0.1, -0.05) is 11.6 Å². The van der Waals surface area contributed by atoms with Crippen molar-refractivity contribution < 1.29 is 4.79 Å². The van der Waals surface area contributed by atoms with Gasteiger partial charge in [-0.3, -0.25) is 9.48 Å². The van der Waals surface area contributed by atoms with Crippen molar-refractivity contribution in [2.75, 3.05) is 5.88 Å². The van der Waals surface area contributed by atoms with E-state index in [1.54, 1.807) is 7.05 Å². The lowest BCUT2D eigenvalue weighted by Gasteiger charge is -2.00. The number of rotatable bonds is 4. The molecule has 13 heavy (non-hydrogen) atoms. The molecule has 0 bridgehead atoms. The van der Waals surface area contributed by atoms with Crippen molar-refractivity contribution in [1.82, 2.24) is 9.78 Å². The van der Waals surface area contributed by atoms with Crippen LogP contribution in [0.2, 0.25) is 5.02 Å². The van der Waals surface area contributed by atoms with Gasteiger partial charge < -0.3 is 0 Å². The Bertz CT molecular complexity index is 290. The largest absolute Gasteiger partial charge is 0.292 e. The Hall–Kier alpha value is -0.540. The Labute approximate surface area is 86.6 Å². The molecule has 0 atom stereocenters. The fourth-order valence-corrected chi connectivity index (χ4v) is 1.48. The molecule has 3 nitrogen and oxygen atoms in total. The van der Waals surface area contributed by atoms with Crippen LogP contribution >= 0.6 is 23.2 Å². The second kappa shape index (κ2) is 4.63. The number of halogens is 2. The van der Waals surface area contributed by atoms with Gasteiger partial charge in [0.05, 0.1) is 11.2 Å². The summed E-state index contributed by atoms with van der Waals surface area (Å²) in [6, 6.07) is 0. The second-order valence-electron chi connectivity index (χ2n) is 2.68. The summed E-state index contributed by atoms with van der Waals surface area (Å²) in [7, 11) is 1.69. The van der Waals surface area contributed by atoms with Crippen LogP contribution in [-0.4, -0.2) is 21.4 Å². The maximum absolute atomic E-state index is 11.5. The summed E-state index contributed by atoms with van der Waals surface area (Å²) >= 11 is 11.3. The van der Waals surface area contributed by atoms with Crippen molar-refractivity contribution >= 4 is 29.0 Å². The molecular weight excluding hydrogens is 211 g/mol. The van der Waals surface area contributed by atoms with Crippen molar-refractivity contribution in [2.24, 2.45) is 7.05 Å². The first kappa shape index (κ1) is 10.5. The maximum atomic E-state index is 11.5. The minimum atomic E-state index is -0.00866. The van der Waals surface area contributed by atoms with E-state index in [1.165, 1.54) is 10.9 Å². The standard InChI is InChI=1S/C8H10Cl2N2O/c1-12-8(6(10)5-11-12)7(13)3-2-4-9/h5H,2-4H2,1H3. The number of hydrogen-bond acceptors (Lipinski definition) is 2. The fraction of sp³-hybridized carbons (Fsp3) is 0.500. The van der Waals surface area contributed by atoms with Crippen molar-refractivity contribution in [2.45, 2.75) is 12.8 Å². The lowest BCUT2D eigenvalue weighted by molar-refractivity contribution is 0.0973. The van der Waals surface area contributed by atoms with E-state index in [4.69, 9.17) is 23.2 Å². The van der Waals surface area contributed by atoms with Gasteiger partial charge >= 0.3 is 0 Å². The minimum absolute atomic E-state index is 0.00866. The summed E-state index contributed by atoms with van der Waals surface area (Å²) < 4.78 is 1.49. The molecule has 0 aliphatic rings. The molecule has 1 aromatic rings.